The summed E-state index contributed by atoms with van der Waals surface area (Å²) in [5.74, 6) is -1.19. The largest absolute Gasteiger partial charge is 0.508 e. The second-order valence-electron chi connectivity index (χ2n) is 7.04. The Bertz CT molecular complexity index is 1150. The van der Waals surface area contributed by atoms with E-state index in [-0.39, 0.29) is 23.3 Å². The quantitative estimate of drug-likeness (QED) is 0.642. The van der Waals surface area contributed by atoms with Crippen molar-refractivity contribution in [3.05, 3.63) is 64.2 Å². The molecule has 0 saturated carbocycles. The number of halogens is 1. The monoisotopic (exact) mass is 411 g/mol. The van der Waals surface area contributed by atoms with Crippen molar-refractivity contribution in [1.29, 1.82) is 0 Å². The van der Waals surface area contributed by atoms with Crippen molar-refractivity contribution in [2.45, 2.75) is 6.92 Å². The minimum atomic E-state index is -0.761. The molecule has 0 spiro atoms. The SMILES string of the molecule is CCOC(=O)c1cn(-c2ccc(O)cc2)c2cc(N3CCNCC3)c(F)cc2c1=O. The number of benzene rings is 2. The van der Waals surface area contributed by atoms with Gasteiger partial charge in [0.25, 0.3) is 0 Å². The van der Waals surface area contributed by atoms with Crippen LogP contribution < -0.4 is 15.6 Å². The number of fused-ring (bicyclic) bond motifs is 1. The molecule has 1 aromatic heterocycles. The summed E-state index contributed by atoms with van der Waals surface area (Å²) in [6.07, 6.45) is 1.41. The second kappa shape index (κ2) is 8.16. The molecular weight excluding hydrogens is 389 g/mol. The van der Waals surface area contributed by atoms with Crippen molar-refractivity contribution < 1.29 is 19.0 Å². The van der Waals surface area contributed by atoms with Crippen molar-refractivity contribution in [1.82, 2.24) is 9.88 Å². The lowest BCUT2D eigenvalue weighted by Gasteiger charge is -2.30. The van der Waals surface area contributed by atoms with Crippen LogP contribution in [0.5, 0.6) is 5.75 Å². The molecule has 8 heteroatoms. The summed E-state index contributed by atoms with van der Waals surface area (Å²) in [6.45, 7) is 4.54. The first-order valence-electron chi connectivity index (χ1n) is 9.80. The molecule has 1 fully saturated rings. The third-order valence-corrected chi connectivity index (χ3v) is 5.15. The van der Waals surface area contributed by atoms with Crippen LogP contribution in [0.2, 0.25) is 0 Å². The number of carbonyl (C=O) groups excluding carboxylic acids is 1. The Morgan fingerprint density at radius 3 is 2.57 bits per heavy atom. The molecule has 0 bridgehead atoms. The van der Waals surface area contributed by atoms with E-state index in [0.29, 0.717) is 30.0 Å². The second-order valence-corrected chi connectivity index (χ2v) is 7.04. The van der Waals surface area contributed by atoms with Gasteiger partial charge in [-0.2, -0.15) is 0 Å². The zero-order valence-corrected chi connectivity index (χ0v) is 16.5. The molecule has 30 heavy (non-hydrogen) atoms. The standard InChI is InChI=1S/C22H22FN3O4/c1-2-30-22(29)17-13-26(14-3-5-15(27)6-4-14)19-12-20(25-9-7-24-8-10-25)18(23)11-16(19)21(17)28/h3-6,11-13,24,27H,2,7-10H2,1H3. The molecule has 1 saturated heterocycles. The van der Waals surface area contributed by atoms with Crippen LogP contribution in [-0.4, -0.2) is 48.4 Å². The Kier molecular flexibility index (Phi) is 5.41. The molecule has 156 valence electrons. The van der Waals surface area contributed by atoms with Crippen molar-refractivity contribution >= 4 is 22.6 Å². The minimum absolute atomic E-state index is 0.0854. The highest BCUT2D eigenvalue weighted by molar-refractivity contribution is 5.95. The number of anilines is 1. The number of aromatic hydroxyl groups is 1. The van der Waals surface area contributed by atoms with E-state index in [1.165, 1.54) is 24.4 Å². The Morgan fingerprint density at radius 1 is 1.20 bits per heavy atom. The fourth-order valence-electron chi connectivity index (χ4n) is 3.66. The Labute approximate surface area is 172 Å². The highest BCUT2D eigenvalue weighted by Crippen LogP contribution is 2.28. The summed E-state index contributed by atoms with van der Waals surface area (Å²) in [6, 6.07) is 9.14. The molecule has 0 unspecified atom stereocenters. The molecule has 1 aliphatic heterocycles. The van der Waals surface area contributed by atoms with E-state index in [9.17, 15) is 19.1 Å². The summed E-state index contributed by atoms with van der Waals surface area (Å²) in [5, 5.41) is 12.9. The Hall–Kier alpha value is -3.39. The number of nitrogens with one attached hydrogen (secondary N) is 1. The summed E-state index contributed by atoms with van der Waals surface area (Å²) in [5.41, 5.74) is 0.727. The topological polar surface area (TPSA) is 83.8 Å². The van der Waals surface area contributed by atoms with Gasteiger partial charge in [0.05, 0.1) is 17.8 Å². The van der Waals surface area contributed by atoms with Crippen LogP contribution in [-0.2, 0) is 4.74 Å². The summed E-state index contributed by atoms with van der Waals surface area (Å²) < 4.78 is 21.7. The first-order valence-corrected chi connectivity index (χ1v) is 9.80. The number of phenols is 1. The van der Waals surface area contributed by atoms with Gasteiger partial charge in [-0.05, 0) is 43.3 Å². The lowest BCUT2D eigenvalue weighted by molar-refractivity contribution is 0.0524. The number of hydrogen-bond donors (Lipinski definition) is 2. The van der Waals surface area contributed by atoms with Crippen LogP contribution in [0, 0.1) is 5.82 Å². The number of carbonyl (C=O) groups is 1. The van der Waals surface area contributed by atoms with E-state index in [1.54, 1.807) is 29.7 Å². The van der Waals surface area contributed by atoms with Crippen molar-refractivity contribution in [3.63, 3.8) is 0 Å². The van der Waals surface area contributed by atoms with Crippen molar-refractivity contribution in [2.75, 3.05) is 37.7 Å². The van der Waals surface area contributed by atoms with Gasteiger partial charge in [-0.25, -0.2) is 9.18 Å². The molecule has 4 rings (SSSR count). The molecule has 7 nitrogen and oxygen atoms in total. The third kappa shape index (κ3) is 3.61. The van der Waals surface area contributed by atoms with Crippen molar-refractivity contribution in [3.8, 4) is 11.4 Å². The van der Waals surface area contributed by atoms with Crippen LogP contribution >= 0.6 is 0 Å². The summed E-state index contributed by atoms with van der Waals surface area (Å²) in [4.78, 5) is 27.3. The highest BCUT2D eigenvalue weighted by Gasteiger charge is 2.21. The fourth-order valence-corrected chi connectivity index (χ4v) is 3.66. The maximum absolute atomic E-state index is 15.0. The smallest absolute Gasteiger partial charge is 0.343 e. The number of esters is 1. The molecule has 3 aromatic rings. The molecule has 0 amide bonds. The molecule has 2 aromatic carbocycles. The predicted molar refractivity (Wildman–Crippen MR) is 112 cm³/mol. The maximum atomic E-state index is 15.0. The zero-order chi connectivity index (χ0) is 21.3. The van der Waals surface area contributed by atoms with E-state index in [4.69, 9.17) is 4.74 Å². The first-order chi connectivity index (χ1) is 14.5. The number of nitrogens with zero attached hydrogens (tertiary/aromatic N) is 2. The van der Waals surface area contributed by atoms with E-state index in [1.807, 2.05) is 4.90 Å². The van der Waals surface area contributed by atoms with E-state index in [0.717, 1.165) is 13.1 Å². The number of rotatable bonds is 4. The van der Waals surface area contributed by atoms with E-state index >= 15 is 0 Å². The van der Waals surface area contributed by atoms with Gasteiger partial charge in [-0.15, -0.1) is 0 Å². The number of hydrogen-bond acceptors (Lipinski definition) is 6. The lowest BCUT2D eigenvalue weighted by atomic mass is 10.1. The molecule has 0 atom stereocenters. The Morgan fingerprint density at radius 2 is 1.90 bits per heavy atom. The lowest BCUT2D eigenvalue weighted by Crippen LogP contribution is -2.43. The van der Waals surface area contributed by atoms with Crippen LogP contribution in [0.3, 0.4) is 0 Å². The number of pyridine rings is 1. The van der Waals surface area contributed by atoms with Crippen LogP contribution in [0.15, 0.2) is 47.4 Å². The number of phenolic OH excluding ortho intramolecular Hbond substituents is 1. The molecule has 1 aliphatic rings. The fraction of sp³-hybridized carbons (Fsp3) is 0.273. The molecular formula is C22H22FN3O4. The average molecular weight is 411 g/mol. The average Bonchev–Trinajstić information content (AvgIpc) is 2.75. The van der Waals surface area contributed by atoms with Crippen molar-refractivity contribution in [2.24, 2.45) is 0 Å². The predicted octanol–water partition coefficient (Wildman–Crippen LogP) is 2.42. The van der Waals surface area contributed by atoms with Gasteiger partial charge in [0.2, 0.25) is 5.43 Å². The maximum Gasteiger partial charge on any atom is 0.343 e. The first kappa shape index (κ1) is 19.9. The number of piperazine rings is 1. The minimum Gasteiger partial charge on any atom is -0.508 e. The van der Waals surface area contributed by atoms with Gasteiger partial charge in [-0.3, -0.25) is 4.79 Å². The van der Waals surface area contributed by atoms with Gasteiger partial charge >= 0.3 is 5.97 Å². The number of aromatic nitrogens is 1. The van der Waals surface area contributed by atoms with Crippen LogP contribution in [0.4, 0.5) is 10.1 Å². The van der Waals surface area contributed by atoms with Gasteiger partial charge in [0.15, 0.2) is 0 Å². The Balaban J connectivity index is 1.98. The summed E-state index contributed by atoms with van der Waals surface area (Å²) >= 11 is 0. The molecule has 2 heterocycles. The third-order valence-electron chi connectivity index (χ3n) is 5.15. The van der Waals surface area contributed by atoms with Gasteiger partial charge in [0.1, 0.15) is 17.1 Å². The molecule has 0 radical (unpaired) electrons. The van der Waals surface area contributed by atoms with Gasteiger partial charge < -0.3 is 24.6 Å². The van der Waals surface area contributed by atoms with Gasteiger partial charge in [-0.1, -0.05) is 0 Å². The normalized spacial score (nSPS) is 14.1. The molecule has 2 N–H and O–H groups in total. The van der Waals surface area contributed by atoms with E-state index < -0.39 is 17.2 Å². The van der Waals surface area contributed by atoms with Gasteiger partial charge in [0, 0.05) is 43.4 Å². The number of ether oxygens (including phenoxy) is 1. The molecule has 0 aliphatic carbocycles. The highest BCUT2D eigenvalue weighted by atomic mass is 19.1. The van der Waals surface area contributed by atoms with Crippen LogP contribution in [0.25, 0.3) is 16.6 Å². The van der Waals surface area contributed by atoms with Crippen LogP contribution in [0.1, 0.15) is 17.3 Å². The zero-order valence-electron chi connectivity index (χ0n) is 16.5. The van der Waals surface area contributed by atoms with E-state index in [2.05, 4.69) is 5.32 Å². The summed E-state index contributed by atoms with van der Waals surface area (Å²) in [7, 11) is 0.